The molecule has 142 valence electrons. The van der Waals surface area contributed by atoms with Crippen LogP contribution in [0.1, 0.15) is 16.8 Å². The van der Waals surface area contributed by atoms with Gasteiger partial charge in [-0.1, -0.05) is 42.5 Å². The second-order valence-electron chi connectivity index (χ2n) is 7.01. The third-order valence-electron chi connectivity index (χ3n) is 5.23. The van der Waals surface area contributed by atoms with Gasteiger partial charge in [-0.2, -0.15) is 5.10 Å². The zero-order valence-corrected chi connectivity index (χ0v) is 15.5. The number of carbonyl (C=O) groups is 2. The summed E-state index contributed by atoms with van der Waals surface area (Å²) in [6.07, 6.45) is 0.371. The minimum Gasteiger partial charge on any atom is -0.368 e. The van der Waals surface area contributed by atoms with Gasteiger partial charge in [0.2, 0.25) is 11.8 Å². The first kappa shape index (κ1) is 17.9. The molecule has 0 saturated heterocycles. The number of benzene rings is 2. The van der Waals surface area contributed by atoms with Crippen LogP contribution in [0.5, 0.6) is 0 Å². The standard InChI is InChI=1S/C21H20N4O3/c1-13-16-8-4-5-9-17(16)21(28)25(23-13)12-19(26)24-11-15-7-3-2-6-14(15)10-18(24)20(22)27/h2-9,18H,10-12H2,1H3,(H2,22,27). The highest BCUT2D eigenvalue weighted by atomic mass is 16.2. The van der Waals surface area contributed by atoms with Crippen LogP contribution in [0, 0.1) is 6.92 Å². The summed E-state index contributed by atoms with van der Waals surface area (Å²) in [4.78, 5) is 39.2. The Bertz CT molecular complexity index is 1150. The summed E-state index contributed by atoms with van der Waals surface area (Å²) in [6.45, 7) is 1.84. The lowest BCUT2D eigenvalue weighted by Crippen LogP contribution is -2.52. The maximum Gasteiger partial charge on any atom is 0.275 e. The smallest absolute Gasteiger partial charge is 0.275 e. The quantitative estimate of drug-likeness (QED) is 0.741. The van der Waals surface area contributed by atoms with Crippen molar-refractivity contribution in [2.75, 3.05) is 0 Å². The Morgan fingerprint density at radius 1 is 1.07 bits per heavy atom. The molecule has 7 nitrogen and oxygen atoms in total. The monoisotopic (exact) mass is 376 g/mol. The van der Waals surface area contributed by atoms with Crippen molar-refractivity contribution in [3.05, 3.63) is 75.7 Å². The van der Waals surface area contributed by atoms with E-state index in [2.05, 4.69) is 5.10 Å². The Hall–Kier alpha value is -3.48. The summed E-state index contributed by atoms with van der Waals surface area (Å²) >= 11 is 0. The van der Waals surface area contributed by atoms with Crippen LogP contribution in [0.25, 0.3) is 10.8 Å². The second kappa shape index (κ2) is 6.92. The fourth-order valence-corrected chi connectivity index (χ4v) is 3.77. The maximum atomic E-state index is 13.0. The van der Waals surface area contributed by atoms with Crippen molar-refractivity contribution in [1.82, 2.24) is 14.7 Å². The number of hydrogen-bond acceptors (Lipinski definition) is 4. The molecule has 2 N–H and O–H groups in total. The van der Waals surface area contributed by atoms with E-state index in [1.807, 2.05) is 36.4 Å². The molecule has 0 aliphatic carbocycles. The average molecular weight is 376 g/mol. The molecule has 7 heteroatoms. The van der Waals surface area contributed by atoms with E-state index in [9.17, 15) is 14.4 Å². The predicted molar refractivity (Wildman–Crippen MR) is 104 cm³/mol. The van der Waals surface area contributed by atoms with Gasteiger partial charge in [-0.15, -0.1) is 0 Å². The minimum atomic E-state index is -0.736. The van der Waals surface area contributed by atoms with E-state index >= 15 is 0 Å². The third kappa shape index (κ3) is 3.05. The van der Waals surface area contributed by atoms with Gasteiger partial charge >= 0.3 is 0 Å². The molecule has 3 aromatic rings. The number of aromatic nitrogens is 2. The van der Waals surface area contributed by atoms with Gasteiger partial charge in [-0.25, -0.2) is 4.68 Å². The van der Waals surface area contributed by atoms with Crippen molar-refractivity contribution in [1.29, 1.82) is 0 Å². The van der Waals surface area contributed by atoms with Crippen LogP contribution < -0.4 is 11.3 Å². The van der Waals surface area contributed by atoms with Crippen molar-refractivity contribution < 1.29 is 9.59 Å². The predicted octanol–water partition coefficient (Wildman–Crippen LogP) is 1.14. The third-order valence-corrected chi connectivity index (χ3v) is 5.23. The molecular formula is C21H20N4O3. The summed E-state index contributed by atoms with van der Waals surface area (Å²) < 4.78 is 1.17. The molecule has 2 heterocycles. The van der Waals surface area contributed by atoms with Gasteiger partial charge < -0.3 is 10.6 Å². The van der Waals surface area contributed by atoms with Gasteiger partial charge in [-0.05, 0) is 24.1 Å². The summed E-state index contributed by atoms with van der Waals surface area (Å²) in [5, 5.41) is 5.56. The molecule has 0 spiro atoms. The SMILES string of the molecule is Cc1nn(CC(=O)N2Cc3ccccc3CC2C(N)=O)c(=O)c2ccccc12. The van der Waals surface area contributed by atoms with Gasteiger partial charge in [-0.3, -0.25) is 14.4 Å². The van der Waals surface area contributed by atoms with Gasteiger partial charge in [0.25, 0.3) is 5.56 Å². The molecule has 0 bridgehead atoms. The molecule has 1 unspecified atom stereocenters. The zero-order valence-electron chi connectivity index (χ0n) is 15.5. The topological polar surface area (TPSA) is 98.3 Å². The molecule has 28 heavy (non-hydrogen) atoms. The number of primary amides is 1. The van der Waals surface area contributed by atoms with Gasteiger partial charge in [0.15, 0.2) is 0 Å². The van der Waals surface area contributed by atoms with Crippen molar-refractivity contribution in [2.45, 2.75) is 32.5 Å². The molecule has 4 rings (SSSR count). The van der Waals surface area contributed by atoms with Crippen LogP contribution in [-0.2, 0) is 29.1 Å². The summed E-state index contributed by atoms with van der Waals surface area (Å²) in [5.74, 6) is -0.916. The molecule has 1 atom stereocenters. The van der Waals surface area contributed by atoms with Crippen LogP contribution in [0.3, 0.4) is 0 Å². The molecule has 1 aromatic heterocycles. The van der Waals surface area contributed by atoms with E-state index in [1.165, 1.54) is 9.58 Å². The number of nitrogens with two attached hydrogens (primary N) is 1. The largest absolute Gasteiger partial charge is 0.368 e. The van der Waals surface area contributed by atoms with E-state index in [-0.39, 0.29) is 24.6 Å². The summed E-state index contributed by atoms with van der Waals surface area (Å²) in [7, 11) is 0. The van der Waals surface area contributed by atoms with Crippen LogP contribution in [0.4, 0.5) is 0 Å². The van der Waals surface area contributed by atoms with Gasteiger partial charge in [0.1, 0.15) is 12.6 Å². The minimum absolute atomic E-state index is 0.240. The number of carbonyl (C=O) groups excluding carboxylic acids is 2. The number of hydrogen-bond donors (Lipinski definition) is 1. The van der Waals surface area contributed by atoms with Gasteiger partial charge in [0, 0.05) is 18.4 Å². The molecular weight excluding hydrogens is 356 g/mol. The van der Waals surface area contributed by atoms with E-state index in [0.29, 0.717) is 17.5 Å². The number of nitrogens with zero attached hydrogens (tertiary/aromatic N) is 3. The van der Waals surface area contributed by atoms with E-state index < -0.39 is 11.9 Å². The van der Waals surface area contributed by atoms with Crippen molar-refractivity contribution in [2.24, 2.45) is 5.73 Å². The average Bonchev–Trinajstić information content (AvgIpc) is 2.70. The Balaban J connectivity index is 1.68. The number of fused-ring (bicyclic) bond motifs is 2. The molecule has 0 saturated carbocycles. The Labute approximate surface area is 161 Å². The van der Waals surface area contributed by atoms with Crippen LogP contribution in [-0.4, -0.2) is 32.5 Å². The van der Waals surface area contributed by atoms with Crippen molar-refractivity contribution >= 4 is 22.6 Å². The van der Waals surface area contributed by atoms with E-state index in [1.54, 1.807) is 19.1 Å². The van der Waals surface area contributed by atoms with Crippen molar-refractivity contribution in [3.63, 3.8) is 0 Å². The maximum absolute atomic E-state index is 13.0. The molecule has 0 fully saturated rings. The lowest BCUT2D eigenvalue weighted by molar-refractivity contribution is -0.141. The Morgan fingerprint density at radius 2 is 1.71 bits per heavy atom. The fourth-order valence-electron chi connectivity index (χ4n) is 3.77. The van der Waals surface area contributed by atoms with Crippen LogP contribution >= 0.6 is 0 Å². The lowest BCUT2D eigenvalue weighted by Gasteiger charge is -2.35. The number of amides is 2. The highest BCUT2D eigenvalue weighted by molar-refractivity contribution is 5.88. The highest BCUT2D eigenvalue weighted by Gasteiger charge is 2.33. The lowest BCUT2D eigenvalue weighted by atomic mass is 9.93. The van der Waals surface area contributed by atoms with Crippen molar-refractivity contribution in [3.8, 4) is 0 Å². The van der Waals surface area contributed by atoms with E-state index in [4.69, 9.17) is 5.73 Å². The second-order valence-corrected chi connectivity index (χ2v) is 7.01. The Kier molecular flexibility index (Phi) is 4.43. The first-order valence-electron chi connectivity index (χ1n) is 9.07. The summed E-state index contributed by atoms with van der Waals surface area (Å²) in [5.41, 5.74) is 7.87. The first-order chi connectivity index (χ1) is 13.5. The fraction of sp³-hybridized carbons (Fsp3) is 0.238. The van der Waals surface area contributed by atoms with E-state index in [0.717, 1.165) is 16.5 Å². The molecule has 2 aromatic carbocycles. The highest BCUT2D eigenvalue weighted by Crippen LogP contribution is 2.23. The van der Waals surface area contributed by atoms with Gasteiger partial charge in [0.05, 0.1) is 11.1 Å². The normalized spacial score (nSPS) is 16.0. The molecule has 1 aliphatic rings. The molecule has 1 aliphatic heterocycles. The summed E-state index contributed by atoms with van der Waals surface area (Å²) in [6, 6.07) is 14.1. The van der Waals surface area contributed by atoms with Crippen LogP contribution in [0.15, 0.2) is 53.3 Å². The number of aryl methyl sites for hydroxylation is 1. The zero-order chi connectivity index (χ0) is 19.8. The number of rotatable bonds is 3. The molecule has 0 radical (unpaired) electrons. The Morgan fingerprint density at radius 3 is 2.43 bits per heavy atom. The van der Waals surface area contributed by atoms with Crippen LogP contribution in [0.2, 0.25) is 0 Å². The molecule has 2 amide bonds. The first-order valence-corrected chi connectivity index (χ1v) is 9.07.